The van der Waals surface area contributed by atoms with E-state index in [4.69, 9.17) is 14.2 Å². The van der Waals surface area contributed by atoms with Crippen LogP contribution in [0, 0.1) is 0 Å². The number of carbonyl (C=O) groups excluding carboxylic acids is 1. The van der Waals surface area contributed by atoms with E-state index < -0.39 is 22.5 Å². The molecule has 0 aromatic heterocycles. The molecule has 0 saturated heterocycles. The van der Waals surface area contributed by atoms with Crippen LogP contribution < -0.4 is 14.2 Å². The number of benzene rings is 2. The molecule has 25 heavy (non-hydrogen) atoms. The molecule has 0 bridgehead atoms. The Morgan fingerprint density at radius 3 is 2.32 bits per heavy atom. The lowest BCUT2D eigenvalue weighted by atomic mass is 10.2. The molecule has 134 valence electrons. The third kappa shape index (κ3) is 5.20. The van der Waals surface area contributed by atoms with E-state index in [-0.39, 0.29) is 17.3 Å². The van der Waals surface area contributed by atoms with Gasteiger partial charge in [-0.25, -0.2) is 8.42 Å². The maximum atomic E-state index is 12.3. The fourth-order valence-electron chi connectivity index (χ4n) is 2.01. The Morgan fingerprint density at radius 2 is 1.68 bits per heavy atom. The summed E-state index contributed by atoms with van der Waals surface area (Å²) in [5, 5.41) is 0. The van der Waals surface area contributed by atoms with Crippen molar-refractivity contribution in [1.29, 1.82) is 0 Å². The van der Waals surface area contributed by atoms with Gasteiger partial charge in [-0.2, -0.15) is 4.72 Å². The number of hydrogen-bond acceptors (Lipinski definition) is 6. The van der Waals surface area contributed by atoms with Gasteiger partial charge in [-0.1, -0.05) is 30.3 Å². The Labute approximate surface area is 146 Å². The lowest BCUT2D eigenvalue weighted by Gasteiger charge is -2.11. The zero-order valence-corrected chi connectivity index (χ0v) is 14.7. The third-order valence-corrected chi connectivity index (χ3v) is 4.71. The van der Waals surface area contributed by atoms with Gasteiger partial charge in [0.1, 0.15) is 13.2 Å². The Kier molecular flexibility index (Phi) is 6.37. The van der Waals surface area contributed by atoms with Crippen LogP contribution in [0.25, 0.3) is 0 Å². The van der Waals surface area contributed by atoms with E-state index in [0.29, 0.717) is 5.75 Å². The predicted octanol–water partition coefficient (Wildman–Crippen LogP) is 1.73. The van der Waals surface area contributed by atoms with E-state index in [9.17, 15) is 13.2 Å². The number of hydrogen-bond donors (Lipinski definition) is 1. The van der Waals surface area contributed by atoms with Gasteiger partial charge in [0.25, 0.3) is 0 Å². The minimum absolute atomic E-state index is 0.0407. The van der Waals surface area contributed by atoms with Gasteiger partial charge >= 0.3 is 5.97 Å². The SMILES string of the molecule is COc1ccc(S(=O)(=O)NCC(=O)OCc2ccccc2)cc1OC. The topological polar surface area (TPSA) is 90.9 Å². The van der Waals surface area contributed by atoms with Gasteiger partial charge in [-0.3, -0.25) is 4.79 Å². The Balaban J connectivity index is 1.95. The molecule has 0 fully saturated rings. The quantitative estimate of drug-likeness (QED) is 0.717. The highest BCUT2D eigenvalue weighted by Crippen LogP contribution is 2.29. The van der Waals surface area contributed by atoms with E-state index in [2.05, 4.69) is 4.72 Å². The van der Waals surface area contributed by atoms with Crippen molar-refractivity contribution in [3.05, 3.63) is 54.1 Å². The van der Waals surface area contributed by atoms with Crippen LogP contribution in [0.3, 0.4) is 0 Å². The summed E-state index contributed by atoms with van der Waals surface area (Å²) >= 11 is 0. The van der Waals surface area contributed by atoms with Crippen molar-refractivity contribution in [3.63, 3.8) is 0 Å². The highest BCUT2D eigenvalue weighted by atomic mass is 32.2. The second kappa shape index (κ2) is 8.50. The van der Waals surface area contributed by atoms with Crippen LogP contribution >= 0.6 is 0 Å². The molecular formula is C17H19NO6S. The van der Waals surface area contributed by atoms with Gasteiger partial charge in [0, 0.05) is 6.07 Å². The van der Waals surface area contributed by atoms with Crippen molar-refractivity contribution in [2.45, 2.75) is 11.5 Å². The summed E-state index contributed by atoms with van der Waals surface area (Å²) < 4.78 is 41.9. The second-order valence-electron chi connectivity index (χ2n) is 4.99. The zero-order chi connectivity index (χ0) is 18.3. The molecule has 1 N–H and O–H groups in total. The summed E-state index contributed by atoms with van der Waals surface area (Å²) in [5.41, 5.74) is 0.818. The second-order valence-corrected chi connectivity index (χ2v) is 6.75. The molecule has 0 aliphatic heterocycles. The number of carbonyl (C=O) groups is 1. The molecule has 2 rings (SSSR count). The van der Waals surface area contributed by atoms with Crippen LogP contribution in [-0.4, -0.2) is 35.2 Å². The van der Waals surface area contributed by atoms with Crippen LogP contribution in [0.1, 0.15) is 5.56 Å². The van der Waals surface area contributed by atoms with E-state index >= 15 is 0 Å². The summed E-state index contributed by atoms with van der Waals surface area (Å²) in [6.07, 6.45) is 0. The van der Waals surface area contributed by atoms with Gasteiger partial charge in [0.2, 0.25) is 10.0 Å². The van der Waals surface area contributed by atoms with Crippen molar-refractivity contribution in [2.75, 3.05) is 20.8 Å². The first-order chi connectivity index (χ1) is 12.0. The molecular weight excluding hydrogens is 346 g/mol. The number of nitrogens with one attached hydrogen (secondary N) is 1. The lowest BCUT2D eigenvalue weighted by Crippen LogP contribution is -2.30. The molecule has 0 unspecified atom stereocenters. The summed E-state index contributed by atoms with van der Waals surface area (Å²) in [6, 6.07) is 13.3. The van der Waals surface area contributed by atoms with E-state index in [1.807, 2.05) is 18.2 Å². The number of rotatable bonds is 8. The molecule has 0 spiro atoms. The van der Waals surface area contributed by atoms with Gasteiger partial charge in [-0.05, 0) is 17.7 Å². The Bertz CT molecular complexity index is 820. The highest BCUT2D eigenvalue weighted by Gasteiger charge is 2.18. The standard InChI is InChI=1S/C17H19NO6S/c1-22-15-9-8-14(10-16(15)23-2)25(20,21)18-11-17(19)24-12-13-6-4-3-5-7-13/h3-10,18H,11-12H2,1-2H3. The minimum Gasteiger partial charge on any atom is -0.493 e. The summed E-state index contributed by atoms with van der Waals surface area (Å²) in [5.74, 6) is 0.00801. The van der Waals surface area contributed by atoms with Gasteiger partial charge < -0.3 is 14.2 Å². The first kappa shape index (κ1) is 18.8. The molecule has 0 saturated carbocycles. The Hall–Kier alpha value is -2.58. The largest absolute Gasteiger partial charge is 0.493 e. The molecule has 7 nitrogen and oxygen atoms in total. The monoisotopic (exact) mass is 365 g/mol. The average Bonchev–Trinajstić information content (AvgIpc) is 2.65. The zero-order valence-electron chi connectivity index (χ0n) is 13.9. The van der Waals surface area contributed by atoms with E-state index in [1.165, 1.54) is 32.4 Å². The van der Waals surface area contributed by atoms with Crippen LogP contribution in [-0.2, 0) is 26.2 Å². The van der Waals surface area contributed by atoms with Gasteiger partial charge in [-0.15, -0.1) is 0 Å². The molecule has 2 aromatic carbocycles. The van der Waals surface area contributed by atoms with Crippen LogP contribution in [0.5, 0.6) is 11.5 Å². The first-order valence-corrected chi connectivity index (χ1v) is 8.86. The van der Waals surface area contributed by atoms with Crippen LogP contribution in [0.15, 0.2) is 53.4 Å². The number of sulfonamides is 1. The highest BCUT2D eigenvalue weighted by molar-refractivity contribution is 7.89. The number of methoxy groups -OCH3 is 2. The van der Waals surface area contributed by atoms with Gasteiger partial charge in [0.15, 0.2) is 11.5 Å². The summed E-state index contributed by atoms with van der Waals surface area (Å²) in [7, 11) is -1.03. The molecule has 0 amide bonds. The molecule has 8 heteroatoms. The third-order valence-electron chi connectivity index (χ3n) is 3.31. The minimum atomic E-state index is -3.88. The smallest absolute Gasteiger partial charge is 0.321 e. The predicted molar refractivity (Wildman–Crippen MR) is 91.0 cm³/mol. The molecule has 0 atom stereocenters. The van der Waals surface area contributed by atoms with E-state index in [0.717, 1.165) is 5.56 Å². The van der Waals surface area contributed by atoms with Crippen LogP contribution in [0.2, 0.25) is 0 Å². The Morgan fingerprint density at radius 1 is 1.00 bits per heavy atom. The molecule has 0 radical (unpaired) electrons. The van der Waals surface area contributed by atoms with Crippen molar-refractivity contribution >= 4 is 16.0 Å². The first-order valence-electron chi connectivity index (χ1n) is 7.37. The molecule has 0 aliphatic rings. The van der Waals surface area contributed by atoms with Crippen molar-refractivity contribution in [2.24, 2.45) is 0 Å². The summed E-state index contributed by atoms with van der Waals surface area (Å²) in [4.78, 5) is 11.7. The number of ether oxygens (including phenoxy) is 3. The molecule has 2 aromatic rings. The van der Waals surface area contributed by atoms with Gasteiger partial charge in [0.05, 0.1) is 19.1 Å². The number of esters is 1. The maximum absolute atomic E-state index is 12.3. The maximum Gasteiger partial charge on any atom is 0.321 e. The van der Waals surface area contributed by atoms with Crippen molar-refractivity contribution in [1.82, 2.24) is 4.72 Å². The summed E-state index contributed by atoms with van der Waals surface area (Å²) in [6.45, 7) is -0.388. The fraction of sp³-hybridized carbons (Fsp3) is 0.235. The van der Waals surface area contributed by atoms with Crippen molar-refractivity contribution in [3.8, 4) is 11.5 Å². The lowest BCUT2D eigenvalue weighted by molar-refractivity contribution is -0.143. The van der Waals surface area contributed by atoms with E-state index in [1.54, 1.807) is 12.1 Å². The fourth-order valence-corrected chi connectivity index (χ4v) is 2.99. The molecule has 0 heterocycles. The normalized spacial score (nSPS) is 11.0. The van der Waals surface area contributed by atoms with Crippen LogP contribution in [0.4, 0.5) is 0 Å². The van der Waals surface area contributed by atoms with Crippen molar-refractivity contribution < 1.29 is 27.4 Å². The molecule has 0 aliphatic carbocycles. The average molecular weight is 365 g/mol.